The molecule has 0 bridgehead atoms. The van der Waals surface area contributed by atoms with Crippen LogP contribution in [0.5, 0.6) is 0 Å². The summed E-state index contributed by atoms with van der Waals surface area (Å²) < 4.78 is 0. The van der Waals surface area contributed by atoms with Gasteiger partial charge < -0.3 is 16.0 Å². The molecule has 3 N–H and O–H groups in total. The fraction of sp³-hybridized carbons (Fsp3) is 0.500. The van der Waals surface area contributed by atoms with Crippen LogP contribution in [0.15, 0.2) is 18.2 Å². The third-order valence-corrected chi connectivity index (χ3v) is 3.50. The highest BCUT2D eigenvalue weighted by Crippen LogP contribution is 2.20. The van der Waals surface area contributed by atoms with Gasteiger partial charge in [0.2, 0.25) is 0 Å². The van der Waals surface area contributed by atoms with Gasteiger partial charge in [-0.15, -0.1) is 0 Å². The first-order valence-electron chi connectivity index (χ1n) is 6.37. The minimum absolute atomic E-state index is 0.369. The molecular weight excluding hydrogens is 224 g/mol. The molecule has 0 radical (unpaired) electrons. The molecule has 0 aromatic heterocycles. The fourth-order valence-corrected chi connectivity index (χ4v) is 2.41. The second-order valence-corrected chi connectivity index (χ2v) is 5.05. The number of rotatable bonds is 4. The lowest BCUT2D eigenvalue weighted by molar-refractivity contribution is 0.399. The van der Waals surface area contributed by atoms with Gasteiger partial charge in [-0.3, -0.25) is 0 Å². The quantitative estimate of drug-likeness (QED) is 0.791. The van der Waals surface area contributed by atoms with Crippen molar-refractivity contribution >= 4 is 11.4 Å². The molecule has 1 aliphatic rings. The van der Waals surface area contributed by atoms with Crippen molar-refractivity contribution in [2.75, 3.05) is 37.7 Å². The normalized spacial score (nSPS) is 19.7. The molecule has 96 valence electrons. The zero-order valence-electron chi connectivity index (χ0n) is 10.8. The molecule has 1 heterocycles. The highest BCUT2D eigenvalue weighted by Gasteiger charge is 2.18. The molecule has 1 aliphatic heterocycles. The van der Waals surface area contributed by atoms with Crippen molar-refractivity contribution in [2.45, 2.75) is 12.8 Å². The number of nitrogens with zero attached hydrogens (tertiary/aromatic N) is 2. The SMILES string of the molecule is CN1CCC(CNc2ccc(N)c(CC#N)c2)C1. The van der Waals surface area contributed by atoms with Crippen molar-refractivity contribution in [1.82, 2.24) is 4.90 Å². The van der Waals surface area contributed by atoms with E-state index in [1.807, 2.05) is 18.2 Å². The van der Waals surface area contributed by atoms with Gasteiger partial charge in [0, 0.05) is 24.5 Å². The molecule has 1 fully saturated rings. The van der Waals surface area contributed by atoms with E-state index in [4.69, 9.17) is 11.0 Å². The van der Waals surface area contributed by atoms with Gasteiger partial charge in [0.05, 0.1) is 12.5 Å². The number of hydrogen-bond donors (Lipinski definition) is 2. The number of hydrogen-bond acceptors (Lipinski definition) is 4. The maximum Gasteiger partial charge on any atom is 0.0670 e. The number of nitrogens with two attached hydrogens (primary N) is 1. The van der Waals surface area contributed by atoms with E-state index in [9.17, 15) is 0 Å². The molecule has 1 saturated heterocycles. The number of likely N-dealkylation sites (tertiary alicyclic amines) is 1. The van der Waals surface area contributed by atoms with Gasteiger partial charge in [-0.2, -0.15) is 5.26 Å². The minimum Gasteiger partial charge on any atom is -0.398 e. The number of nitriles is 1. The molecule has 4 heteroatoms. The Kier molecular flexibility index (Phi) is 4.06. The molecule has 1 aromatic rings. The first kappa shape index (κ1) is 12.7. The van der Waals surface area contributed by atoms with Crippen molar-refractivity contribution in [2.24, 2.45) is 5.92 Å². The number of nitrogens with one attached hydrogen (secondary N) is 1. The Morgan fingerprint density at radius 3 is 3.06 bits per heavy atom. The van der Waals surface area contributed by atoms with Crippen molar-refractivity contribution < 1.29 is 0 Å². The Morgan fingerprint density at radius 2 is 2.39 bits per heavy atom. The Hall–Kier alpha value is -1.73. The van der Waals surface area contributed by atoms with Gasteiger partial charge in [-0.25, -0.2) is 0 Å². The van der Waals surface area contributed by atoms with E-state index in [0.29, 0.717) is 18.0 Å². The lowest BCUT2D eigenvalue weighted by atomic mass is 10.1. The van der Waals surface area contributed by atoms with Crippen LogP contribution in [0, 0.1) is 17.2 Å². The van der Waals surface area contributed by atoms with E-state index < -0.39 is 0 Å². The summed E-state index contributed by atoms with van der Waals surface area (Å²) in [6.07, 6.45) is 1.62. The summed E-state index contributed by atoms with van der Waals surface area (Å²) in [7, 11) is 2.16. The van der Waals surface area contributed by atoms with Crippen LogP contribution in [0.2, 0.25) is 0 Å². The van der Waals surface area contributed by atoms with Gasteiger partial charge in [0.25, 0.3) is 0 Å². The van der Waals surface area contributed by atoms with Gasteiger partial charge >= 0.3 is 0 Å². The summed E-state index contributed by atoms with van der Waals surface area (Å²) in [6, 6.07) is 7.98. The highest BCUT2D eigenvalue weighted by atomic mass is 15.1. The Balaban J connectivity index is 1.93. The van der Waals surface area contributed by atoms with Crippen LogP contribution < -0.4 is 11.1 Å². The van der Waals surface area contributed by atoms with Crippen LogP contribution in [0.3, 0.4) is 0 Å². The van der Waals surface area contributed by atoms with Crippen molar-refractivity contribution in [1.29, 1.82) is 5.26 Å². The maximum atomic E-state index is 8.74. The second kappa shape index (κ2) is 5.74. The third kappa shape index (κ3) is 3.14. The predicted molar refractivity (Wildman–Crippen MR) is 74.3 cm³/mol. The average Bonchev–Trinajstić information content (AvgIpc) is 2.76. The summed E-state index contributed by atoms with van der Waals surface area (Å²) in [4.78, 5) is 2.36. The zero-order valence-corrected chi connectivity index (χ0v) is 10.8. The molecule has 1 unspecified atom stereocenters. The van der Waals surface area contributed by atoms with Crippen molar-refractivity contribution in [3.8, 4) is 6.07 Å². The number of benzene rings is 1. The largest absolute Gasteiger partial charge is 0.398 e. The Labute approximate surface area is 108 Å². The van der Waals surface area contributed by atoms with E-state index in [1.54, 1.807) is 0 Å². The minimum atomic E-state index is 0.369. The molecule has 4 nitrogen and oxygen atoms in total. The molecule has 18 heavy (non-hydrogen) atoms. The monoisotopic (exact) mass is 244 g/mol. The average molecular weight is 244 g/mol. The summed E-state index contributed by atoms with van der Waals surface area (Å²) in [5, 5.41) is 12.2. The van der Waals surface area contributed by atoms with Crippen LogP contribution in [0.4, 0.5) is 11.4 Å². The zero-order chi connectivity index (χ0) is 13.0. The van der Waals surface area contributed by atoms with Crippen molar-refractivity contribution in [3.63, 3.8) is 0 Å². The molecule has 0 amide bonds. The predicted octanol–water partition coefficient (Wildman–Crippen LogP) is 1.70. The molecule has 0 aliphatic carbocycles. The molecule has 1 atom stereocenters. The van der Waals surface area contributed by atoms with Gasteiger partial charge in [0.15, 0.2) is 0 Å². The standard InChI is InChI=1S/C14H20N4/c1-18-7-5-11(10-18)9-17-13-2-3-14(16)12(8-13)4-6-15/h2-3,8,11,17H,4-5,7,9-10,16H2,1H3. The van der Waals surface area contributed by atoms with E-state index in [-0.39, 0.29) is 0 Å². The third-order valence-electron chi connectivity index (χ3n) is 3.50. The molecule has 2 rings (SSSR count). The number of nitrogen functional groups attached to an aromatic ring is 1. The summed E-state index contributed by atoms with van der Waals surface area (Å²) >= 11 is 0. The maximum absolute atomic E-state index is 8.74. The van der Waals surface area contributed by atoms with Gasteiger partial charge in [-0.05, 0) is 49.7 Å². The first-order valence-corrected chi connectivity index (χ1v) is 6.37. The lowest BCUT2D eigenvalue weighted by Crippen LogP contribution is -2.19. The Morgan fingerprint density at radius 1 is 1.56 bits per heavy atom. The van der Waals surface area contributed by atoms with Crippen LogP contribution in [0.25, 0.3) is 0 Å². The summed E-state index contributed by atoms with van der Waals surface area (Å²) in [5.74, 6) is 0.715. The molecular formula is C14H20N4. The number of anilines is 2. The highest BCUT2D eigenvalue weighted by molar-refractivity contribution is 5.58. The summed E-state index contributed by atoms with van der Waals surface area (Å²) in [5.41, 5.74) is 8.49. The molecule has 0 saturated carbocycles. The van der Waals surface area contributed by atoms with Crippen molar-refractivity contribution in [3.05, 3.63) is 23.8 Å². The van der Waals surface area contributed by atoms with E-state index >= 15 is 0 Å². The molecule has 1 aromatic carbocycles. The second-order valence-electron chi connectivity index (χ2n) is 5.05. The fourth-order valence-electron chi connectivity index (χ4n) is 2.41. The van der Waals surface area contributed by atoms with Crippen LogP contribution >= 0.6 is 0 Å². The molecule has 0 spiro atoms. The summed E-state index contributed by atoms with van der Waals surface area (Å²) in [6.45, 7) is 3.33. The van der Waals surface area contributed by atoms with Crippen LogP contribution in [0.1, 0.15) is 12.0 Å². The lowest BCUT2D eigenvalue weighted by Gasteiger charge is -2.13. The van der Waals surface area contributed by atoms with Gasteiger partial charge in [0.1, 0.15) is 0 Å². The Bertz CT molecular complexity index is 450. The van der Waals surface area contributed by atoms with Crippen LogP contribution in [-0.4, -0.2) is 31.6 Å². The van der Waals surface area contributed by atoms with E-state index in [2.05, 4.69) is 23.3 Å². The smallest absolute Gasteiger partial charge is 0.0670 e. The van der Waals surface area contributed by atoms with E-state index in [0.717, 1.165) is 24.3 Å². The van der Waals surface area contributed by atoms with Crippen LogP contribution in [-0.2, 0) is 6.42 Å². The topological polar surface area (TPSA) is 65.1 Å². The van der Waals surface area contributed by atoms with E-state index in [1.165, 1.54) is 13.0 Å². The first-order chi connectivity index (χ1) is 8.69. The van der Waals surface area contributed by atoms with Gasteiger partial charge in [-0.1, -0.05) is 0 Å².